The molecule has 0 aliphatic carbocycles. The minimum atomic E-state index is -1.06. The summed E-state index contributed by atoms with van der Waals surface area (Å²) in [5.74, 6) is -1.06. The molecule has 15 heavy (non-hydrogen) atoms. The summed E-state index contributed by atoms with van der Waals surface area (Å²) in [7, 11) is 0. The molecule has 0 heterocycles. The maximum atomic E-state index is 9.39. The van der Waals surface area contributed by atoms with E-state index in [9.17, 15) is 4.79 Å². The lowest BCUT2D eigenvalue weighted by Gasteiger charge is -2.02. The first kappa shape index (κ1) is 13.1. The van der Waals surface area contributed by atoms with Gasteiger partial charge in [-0.25, -0.2) is 11.4 Å². The van der Waals surface area contributed by atoms with Crippen LogP contribution in [0.15, 0.2) is 30.3 Å². The molecule has 0 fully saturated rings. The molecule has 4 nitrogen and oxygen atoms in total. The second-order valence-electron chi connectivity index (χ2n) is 2.91. The van der Waals surface area contributed by atoms with Crippen LogP contribution < -0.4 is 5.73 Å². The van der Waals surface area contributed by atoms with Gasteiger partial charge in [0.25, 0.3) is 0 Å². The zero-order valence-corrected chi connectivity index (χ0v) is 8.55. The Hall–Kier alpha value is -1.86. The Bertz CT molecular complexity index is 328. The van der Waals surface area contributed by atoms with E-state index in [1.807, 2.05) is 37.3 Å². The van der Waals surface area contributed by atoms with Crippen LogP contribution in [0.4, 0.5) is 0 Å². The molecule has 1 unspecified atom stereocenters. The quantitative estimate of drug-likeness (QED) is 0.723. The van der Waals surface area contributed by atoms with Crippen LogP contribution in [0.2, 0.25) is 0 Å². The fraction of sp³-hybridized carbons (Fsp3) is 0.273. The van der Waals surface area contributed by atoms with Crippen LogP contribution in [0, 0.1) is 6.57 Å². The molecule has 1 aromatic rings. The molecule has 1 aromatic carbocycles. The van der Waals surface area contributed by atoms with Gasteiger partial charge in [0.2, 0.25) is 0 Å². The van der Waals surface area contributed by atoms with Crippen LogP contribution in [-0.4, -0.2) is 17.6 Å². The van der Waals surface area contributed by atoms with Gasteiger partial charge in [0, 0.05) is 6.04 Å². The van der Waals surface area contributed by atoms with Crippen molar-refractivity contribution in [3.63, 3.8) is 0 Å². The molecule has 0 saturated heterocycles. The molecule has 0 aliphatic heterocycles. The van der Waals surface area contributed by atoms with Gasteiger partial charge in [0.15, 0.2) is 0 Å². The van der Waals surface area contributed by atoms with Crippen LogP contribution in [0.25, 0.3) is 4.85 Å². The molecule has 1 rings (SSSR count). The zero-order chi connectivity index (χ0) is 11.7. The van der Waals surface area contributed by atoms with Crippen molar-refractivity contribution in [2.75, 3.05) is 6.54 Å². The molecule has 0 amide bonds. The molecule has 0 radical (unpaired) electrons. The number of nitrogens with zero attached hydrogens (tertiary/aromatic N) is 1. The fourth-order valence-corrected chi connectivity index (χ4v) is 0.824. The number of hydrogen-bond donors (Lipinski definition) is 2. The number of carboxylic acid groups (broad SMARTS) is 1. The van der Waals surface area contributed by atoms with E-state index in [-0.39, 0.29) is 6.04 Å². The first-order chi connectivity index (χ1) is 7.07. The van der Waals surface area contributed by atoms with E-state index in [1.165, 1.54) is 5.56 Å². The highest BCUT2D eigenvalue weighted by Gasteiger charge is 1.93. The van der Waals surface area contributed by atoms with Gasteiger partial charge in [-0.1, -0.05) is 30.3 Å². The first-order valence-electron chi connectivity index (χ1n) is 4.43. The first-order valence-corrected chi connectivity index (χ1v) is 4.43. The maximum absolute atomic E-state index is 9.39. The zero-order valence-electron chi connectivity index (χ0n) is 8.55. The largest absolute Gasteiger partial charge is 0.476 e. The number of benzene rings is 1. The molecule has 1 atom stereocenters. The number of carboxylic acids is 1. The summed E-state index contributed by atoms with van der Waals surface area (Å²) in [6, 6.07) is 10.2. The minimum absolute atomic E-state index is 0.159. The van der Waals surface area contributed by atoms with Gasteiger partial charge in [0.05, 0.1) is 0 Å². The predicted molar refractivity (Wildman–Crippen MR) is 58.1 cm³/mol. The van der Waals surface area contributed by atoms with Crippen molar-refractivity contribution in [1.82, 2.24) is 0 Å². The number of nitrogens with two attached hydrogens (primary N) is 1. The van der Waals surface area contributed by atoms with Crippen molar-refractivity contribution in [2.24, 2.45) is 5.73 Å². The molecular weight excluding hydrogens is 192 g/mol. The Balaban J connectivity index is 0.000000288. The third kappa shape index (κ3) is 7.23. The smallest absolute Gasteiger partial charge is 0.384 e. The van der Waals surface area contributed by atoms with Gasteiger partial charge in [-0.15, -0.1) is 0 Å². The van der Waals surface area contributed by atoms with Crippen molar-refractivity contribution in [3.05, 3.63) is 47.3 Å². The standard InChI is InChI=1S/C8H11N.C3H3NO2/c1-7(9)8-5-3-2-4-6-8;1-4-2-3(5)6/h2-7H,9H2,1H3;2H2,(H,5,6). The van der Waals surface area contributed by atoms with Crippen LogP contribution in [0.1, 0.15) is 18.5 Å². The SMILES string of the molecule is CC(N)c1ccccc1.[C-]#[N+]CC(=O)O. The van der Waals surface area contributed by atoms with E-state index in [0.29, 0.717) is 0 Å². The lowest BCUT2D eigenvalue weighted by atomic mass is 10.1. The number of carbonyl (C=O) groups is 1. The van der Waals surface area contributed by atoms with Crippen molar-refractivity contribution in [2.45, 2.75) is 13.0 Å². The van der Waals surface area contributed by atoms with Crippen LogP contribution in [0.3, 0.4) is 0 Å². The molecule has 80 valence electrons. The lowest BCUT2D eigenvalue weighted by Crippen LogP contribution is -2.03. The topological polar surface area (TPSA) is 67.7 Å². The Labute approximate surface area is 89.2 Å². The van der Waals surface area contributed by atoms with Gasteiger partial charge in [-0.2, -0.15) is 0 Å². The van der Waals surface area contributed by atoms with Crippen LogP contribution in [0.5, 0.6) is 0 Å². The number of rotatable bonds is 2. The average molecular weight is 206 g/mol. The molecule has 0 aromatic heterocycles. The van der Waals surface area contributed by atoms with Crippen molar-refractivity contribution < 1.29 is 9.90 Å². The van der Waals surface area contributed by atoms with E-state index in [4.69, 9.17) is 17.4 Å². The van der Waals surface area contributed by atoms with Crippen LogP contribution in [-0.2, 0) is 4.79 Å². The lowest BCUT2D eigenvalue weighted by molar-refractivity contribution is -0.134. The number of aliphatic carboxylic acids is 1. The molecule has 0 spiro atoms. The third-order valence-corrected chi connectivity index (χ3v) is 1.54. The van der Waals surface area contributed by atoms with E-state index in [0.717, 1.165) is 0 Å². The molecule has 3 N–H and O–H groups in total. The number of hydrogen-bond acceptors (Lipinski definition) is 2. The predicted octanol–water partition coefficient (Wildman–Crippen LogP) is 1.70. The summed E-state index contributed by atoms with van der Waals surface area (Å²) in [5, 5.41) is 7.70. The van der Waals surface area contributed by atoms with E-state index < -0.39 is 12.5 Å². The molecular formula is C11H14N2O2. The highest BCUT2D eigenvalue weighted by atomic mass is 16.4. The Morgan fingerprint density at radius 2 is 2.07 bits per heavy atom. The fourth-order valence-electron chi connectivity index (χ4n) is 0.824. The van der Waals surface area contributed by atoms with Gasteiger partial charge < -0.3 is 15.7 Å². The summed E-state index contributed by atoms with van der Waals surface area (Å²) < 4.78 is 0. The molecule has 0 bridgehead atoms. The molecule has 0 saturated carbocycles. The highest BCUT2D eigenvalue weighted by Crippen LogP contribution is 2.06. The van der Waals surface area contributed by atoms with Gasteiger partial charge >= 0.3 is 12.5 Å². The summed E-state index contributed by atoms with van der Waals surface area (Å²) >= 11 is 0. The highest BCUT2D eigenvalue weighted by molar-refractivity contribution is 5.70. The summed E-state index contributed by atoms with van der Waals surface area (Å²) in [6.45, 7) is 7.54. The van der Waals surface area contributed by atoms with Gasteiger partial charge in [-0.05, 0) is 12.5 Å². The second kappa shape index (κ2) is 7.54. The molecule has 0 aliphatic rings. The second-order valence-corrected chi connectivity index (χ2v) is 2.91. The van der Waals surface area contributed by atoms with Gasteiger partial charge in [0.1, 0.15) is 0 Å². The van der Waals surface area contributed by atoms with Gasteiger partial charge in [-0.3, -0.25) is 0 Å². The van der Waals surface area contributed by atoms with Crippen molar-refractivity contribution in [1.29, 1.82) is 0 Å². The Kier molecular flexibility index (Phi) is 6.60. The average Bonchev–Trinajstić information content (AvgIpc) is 2.20. The Morgan fingerprint density at radius 3 is 2.27 bits per heavy atom. The van der Waals surface area contributed by atoms with Crippen molar-refractivity contribution in [3.8, 4) is 0 Å². The third-order valence-electron chi connectivity index (χ3n) is 1.54. The van der Waals surface area contributed by atoms with E-state index in [2.05, 4.69) is 4.85 Å². The van der Waals surface area contributed by atoms with Crippen LogP contribution >= 0.6 is 0 Å². The van der Waals surface area contributed by atoms with E-state index in [1.54, 1.807) is 0 Å². The summed E-state index contributed by atoms with van der Waals surface area (Å²) in [5.41, 5.74) is 6.81. The minimum Gasteiger partial charge on any atom is -0.476 e. The maximum Gasteiger partial charge on any atom is 0.384 e. The monoisotopic (exact) mass is 206 g/mol. The van der Waals surface area contributed by atoms with Crippen molar-refractivity contribution >= 4 is 5.97 Å². The Morgan fingerprint density at radius 1 is 1.53 bits per heavy atom. The normalized spacial score (nSPS) is 10.5. The van der Waals surface area contributed by atoms with E-state index >= 15 is 0 Å². The summed E-state index contributed by atoms with van der Waals surface area (Å²) in [6.07, 6.45) is 0. The molecule has 4 heteroatoms. The summed E-state index contributed by atoms with van der Waals surface area (Å²) in [4.78, 5) is 12.0.